The Labute approximate surface area is 140 Å². The smallest absolute Gasteiger partial charge is 0.322 e. The van der Waals surface area contributed by atoms with E-state index in [9.17, 15) is 18.0 Å². The SMILES string of the molecule is COc1nc(CNC(=O)c2cc(F)c(F)c(OC)c2F)nc(OC)n1. The van der Waals surface area contributed by atoms with Crippen LogP contribution < -0.4 is 19.5 Å². The summed E-state index contributed by atoms with van der Waals surface area (Å²) in [6.45, 7) is -0.269. The molecule has 1 aromatic carbocycles. The highest BCUT2D eigenvalue weighted by atomic mass is 19.2. The largest absolute Gasteiger partial charge is 0.491 e. The summed E-state index contributed by atoms with van der Waals surface area (Å²) in [4.78, 5) is 23.5. The molecular formula is C14H13F3N4O4. The molecule has 11 heteroatoms. The van der Waals surface area contributed by atoms with Crippen molar-refractivity contribution in [3.05, 3.63) is 34.9 Å². The van der Waals surface area contributed by atoms with Crippen molar-refractivity contribution in [3.8, 4) is 17.8 Å². The van der Waals surface area contributed by atoms with Crippen LogP contribution in [0, 0.1) is 17.5 Å². The van der Waals surface area contributed by atoms with E-state index in [-0.39, 0.29) is 24.4 Å². The molecule has 1 heterocycles. The van der Waals surface area contributed by atoms with Gasteiger partial charge in [-0.1, -0.05) is 0 Å². The summed E-state index contributed by atoms with van der Waals surface area (Å²) >= 11 is 0. The number of amides is 1. The molecule has 25 heavy (non-hydrogen) atoms. The van der Waals surface area contributed by atoms with Gasteiger partial charge in [-0.3, -0.25) is 4.79 Å². The van der Waals surface area contributed by atoms with Gasteiger partial charge in [0.15, 0.2) is 23.2 Å². The fourth-order valence-corrected chi connectivity index (χ4v) is 1.82. The molecule has 0 unspecified atom stereocenters. The van der Waals surface area contributed by atoms with Gasteiger partial charge in [0, 0.05) is 0 Å². The van der Waals surface area contributed by atoms with Gasteiger partial charge < -0.3 is 19.5 Å². The predicted molar refractivity (Wildman–Crippen MR) is 77.0 cm³/mol. The maximum absolute atomic E-state index is 14.1. The van der Waals surface area contributed by atoms with Crippen LogP contribution in [0.1, 0.15) is 16.2 Å². The zero-order chi connectivity index (χ0) is 18.6. The van der Waals surface area contributed by atoms with Crippen LogP contribution in [0.3, 0.4) is 0 Å². The third-order valence-corrected chi connectivity index (χ3v) is 2.98. The predicted octanol–water partition coefficient (Wildman–Crippen LogP) is 1.24. The molecule has 1 amide bonds. The first-order valence-electron chi connectivity index (χ1n) is 6.73. The fraction of sp³-hybridized carbons (Fsp3) is 0.286. The molecule has 0 bridgehead atoms. The highest BCUT2D eigenvalue weighted by molar-refractivity contribution is 5.94. The van der Waals surface area contributed by atoms with Crippen molar-refractivity contribution < 1.29 is 32.2 Å². The van der Waals surface area contributed by atoms with Crippen molar-refractivity contribution in [1.29, 1.82) is 0 Å². The maximum Gasteiger partial charge on any atom is 0.322 e. The van der Waals surface area contributed by atoms with Crippen LogP contribution in [0.2, 0.25) is 0 Å². The van der Waals surface area contributed by atoms with Gasteiger partial charge >= 0.3 is 12.0 Å². The number of nitrogens with zero attached hydrogens (tertiary/aromatic N) is 3. The summed E-state index contributed by atoms with van der Waals surface area (Å²) in [5, 5.41) is 2.27. The molecule has 0 aliphatic heterocycles. The lowest BCUT2D eigenvalue weighted by Crippen LogP contribution is -2.26. The molecule has 0 saturated carbocycles. The summed E-state index contributed by atoms with van der Waals surface area (Å²) in [6, 6.07) is 0.311. The van der Waals surface area contributed by atoms with Gasteiger partial charge in [0.1, 0.15) is 0 Å². The lowest BCUT2D eigenvalue weighted by Gasteiger charge is -2.10. The van der Waals surface area contributed by atoms with Crippen LogP contribution in [0.15, 0.2) is 6.07 Å². The molecule has 0 aliphatic rings. The number of aromatic nitrogens is 3. The molecular weight excluding hydrogens is 345 g/mol. The number of nitrogens with one attached hydrogen (secondary N) is 1. The molecule has 0 aliphatic carbocycles. The average Bonchev–Trinajstić information content (AvgIpc) is 2.62. The summed E-state index contributed by atoms with van der Waals surface area (Å²) in [5.41, 5.74) is -0.733. The van der Waals surface area contributed by atoms with Crippen molar-refractivity contribution in [3.63, 3.8) is 0 Å². The van der Waals surface area contributed by atoms with Crippen LogP contribution >= 0.6 is 0 Å². The van der Waals surface area contributed by atoms with Crippen LogP contribution in [0.4, 0.5) is 13.2 Å². The maximum atomic E-state index is 14.1. The van der Waals surface area contributed by atoms with Crippen LogP contribution in [0.25, 0.3) is 0 Å². The van der Waals surface area contributed by atoms with E-state index in [4.69, 9.17) is 9.47 Å². The van der Waals surface area contributed by atoms with E-state index in [1.807, 2.05) is 0 Å². The lowest BCUT2D eigenvalue weighted by molar-refractivity contribution is 0.0943. The molecule has 0 saturated heterocycles. The number of methoxy groups -OCH3 is 3. The summed E-state index contributed by atoms with van der Waals surface area (Å²) in [5.74, 6) is -6.24. The average molecular weight is 358 g/mol. The summed E-state index contributed by atoms with van der Waals surface area (Å²) < 4.78 is 55.0. The zero-order valence-electron chi connectivity index (χ0n) is 13.4. The summed E-state index contributed by atoms with van der Waals surface area (Å²) in [6.07, 6.45) is 0. The van der Waals surface area contributed by atoms with Gasteiger partial charge in [-0.2, -0.15) is 14.4 Å². The van der Waals surface area contributed by atoms with Crippen LogP contribution in [-0.2, 0) is 6.54 Å². The van der Waals surface area contributed by atoms with E-state index >= 15 is 0 Å². The van der Waals surface area contributed by atoms with Crippen LogP contribution in [-0.4, -0.2) is 42.2 Å². The molecule has 1 N–H and O–H groups in total. The Morgan fingerprint density at radius 3 is 2.12 bits per heavy atom. The number of hydrogen-bond acceptors (Lipinski definition) is 7. The molecule has 0 radical (unpaired) electrons. The Bertz CT molecular complexity index is 782. The van der Waals surface area contributed by atoms with E-state index in [0.29, 0.717) is 6.07 Å². The van der Waals surface area contributed by atoms with Crippen molar-refractivity contribution in [1.82, 2.24) is 20.3 Å². The number of halogens is 3. The van der Waals surface area contributed by atoms with Gasteiger partial charge in [-0.25, -0.2) is 8.78 Å². The minimum Gasteiger partial charge on any atom is -0.491 e. The Morgan fingerprint density at radius 1 is 1.00 bits per heavy atom. The molecule has 0 spiro atoms. The van der Waals surface area contributed by atoms with Gasteiger partial charge in [0.25, 0.3) is 5.91 Å². The molecule has 134 valence electrons. The molecule has 0 atom stereocenters. The Balaban J connectivity index is 2.23. The topological polar surface area (TPSA) is 95.5 Å². The van der Waals surface area contributed by atoms with Gasteiger partial charge in [-0.15, -0.1) is 4.98 Å². The number of rotatable bonds is 6. The first kappa shape index (κ1) is 18.2. The molecule has 2 aromatic rings. The minimum absolute atomic E-state index is 0.0482. The third kappa shape index (κ3) is 3.87. The first-order chi connectivity index (χ1) is 11.9. The number of carbonyl (C=O) groups is 1. The number of hydrogen-bond donors (Lipinski definition) is 1. The Morgan fingerprint density at radius 2 is 1.60 bits per heavy atom. The van der Waals surface area contributed by atoms with E-state index < -0.39 is 34.7 Å². The van der Waals surface area contributed by atoms with Gasteiger partial charge in [0.2, 0.25) is 5.82 Å². The highest BCUT2D eigenvalue weighted by Gasteiger charge is 2.23. The van der Waals surface area contributed by atoms with Gasteiger partial charge in [-0.05, 0) is 6.07 Å². The Hall–Kier alpha value is -3.11. The first-order valence-corrected chi connectivity index (χ1v) is 6.73. The lowest BCUT2D eigenvalue weighted by atomic mass is 10.1. The quantitative estimate of drug-likeness (QED) is 0.777. The number of carbonyl (C=O) groups excluding carboxylic acids is 1. The molecule has 1 aromatic heterocycles. The highest BCUT2D eigenvalue weighted by Crippen LogP contribution is 2.26. The van der Waals surface area contributed by atoms with E-state index in [1.165, 1.54) is 14.2 Å². The van der Waals surface area contributed by atoms with Crippen molar-refractivity contribution in [2.45, 2.75) is 6.54 Å². The van der Waals surface area contributed by atoms with Crippen molar-refractivity contribution >= 4 is 5.91 Å². The monoisotopic (exact) mass is 358 g/mol. The second-order valence-corrected chi connectivity index (χ2v) is 4.47. The fourth-order valence-electron chi connectivity index (χ4n) is 1.82. The van der Waals surface area contributed by atoms with Crippen molar-refractivity contribution in [2.24, 2.45) is 0 Å². The second-order valence-electron chi connectivity index (χ2n) is 4.47. The number of ether oxygens (including phenoxy) is 3. The van der Waals surface area contributed by atoms with Gasteiger partial charge in [0.05, 0.1) is 33.4 Å². The summed E-state index contributed by atoms with van der Waals surface area (Å²) in [7, 11) is 3.59. The van der Waals surface area contributed by atoms with Crippen LogP contribution in [0.5, 0.6) is 17.8 Å². The molecule has 0 fully saturated rings. The number of benzene rings is 1. The molecule has 8 nitrogen and oxygen atoms in total. The molecule has 2 rings (SSSR count). The Kier molecular flexibility index (Phi) is 5.57. The van der Waals surface area contributed by atoms with E-state index in [1.54, 1.807) is 0 Å². The normalized spacial score (nSPS) is 10.3. The minimum atomic E-state index is -1.52. The standard InChI is InChI=1S/C14H13F3N4O4/c1-23-11-9(16)6(4-7(15)10(11)17)12(22)18-5-8-19-13(24-2)21-14(20-8)25-3/h4H,5H2,1-3H3,(H,18,22). The van der Waals surface area contributed by atoms with E-state index in [2.05, 4.69) is 25.0 Å². The zero-order valence-corrected chi connectivity index (χ0v) is 13.4. The van der Waals surface area contributed by atoms with E-state index in [0.717, 1.165) is 7.11 Å². The second kappa shape index (κ2) is 7.64. The van der Waals surface area contributed by atoms with Crippen molar-refractivity contribution in [2.75, 3.05) is 21.3 Å². The third-order valence-electron chi connectivity index (χ3n) is 2.98.